The molecule has 6 nitrogen and oxygen atoms in total. The fourth-order valence-corrected chi connectivity index (χ4v) is 3.83. The highest BCUT2D eigenvalue weighted by molar-refractivity contribution is 6.34. The lowest BCUT2D eigenvalue weighted by Crippen LogP contribution is -2.48. The Hall–Kier alpha value is -2.94. The molecule has 1 aliphatic rings. The van der Waals surface area contributed by atoms with Crippen molar-refractivity contribution < 1.29 is 27.5 Å². The maximum absolute atomic E-state index is 13.5. The smallest absolute Gasteiger partial charge is 0.422 e. The molecule has 0 spiro atoms. The summed E-state index contributed by atoms with van der Waals surface area (Å²) >= 11 is 6.25. The van der Waals surface area contributed by atoms with E-state index in [1.54, 1.807) is 21.9 Å². The average molecular weight is 484 g/mol. The van der Waals surface area contributed by atoms with Crippen LogP contribution < -0.4 is 15.0 Å². The SMILES string of the molecule is CCCNC(=O)N1Cc2ccccc2N(C(=O)c2ccc(OCC(F)(F)F)cc2Cl)C[C@H]1C. The third-order valence-corrected chi connectivity index (χ3v) is 5.52. The number of hydrogen-bond acceptors (Lipinski definition) is 3. The molecule has 0 fully saturated rings. The van der Waals surface area contributed by atoms with Gasteiger partial charge in [-0.15, -0.1) is 0 Å². The summed E-state index contributed by atoms with van der Waals surface area (Å²) in [4.78, 5) is 29.4. The van der Waals surface area contributed by atoms with Crippen LogP contribution in [0.25, 0.3) is 0 Å². The number of urea groups is 1. The molecule has 0 saturated heterocycles. The summed E-state index contributed by atoms with van der Waals surface area (Å²) in [5, 5.41) is 2.85. The van der Waals surface area contributed by atoms with Crippen LogP contribution >= 0.6 is 11.6 Å². The summed E-state index contributed by atoms with van der Waals surface area (Å²) in [7, 11) is 0. The molecule has 2 aromatic rings. The number of amides is 3. The molecular weight excluding hydrogens is 459 g/mol. The maximum atomic E-state index is 13.5. The Morgan fingerprint density at radius 3 is 2.61 bits per heavy atom. The topological polar surface area (TPSA) is 61.9 Å². The molecule has 1 N–H and O–H groups in total. The Balaban J connectivity index is 1.88. The Morgan fingerprint density at radius 2 is 1.94 bits per heavy atom. The van der Waals surface area contributed by atoms with Crippen LogP contribution in [0.15, 0.2) is 42.5 Å². The Kier molecular flexibility index (Phi) is 7.73. The fourth-order valence-electron chi connectivity index (χ4n) is 3.58. The molecule has 33 heavy (non-hydrogen) atoms. The van der Waals surface area contributed by atoms with Crippen LogP contribution in [-0.2, 0) is 6.54 Å². The molecule has 1 atom stereocenters. The van der Waals surface area contributed by atoms with Crippen LogP contribution in [0.5, 0.6) is 5.75 Å². The van der Waals surface area contributed by atoms with Gasteiger partial charge < -0.3 is 19.9 Å². The van der Waals surface area contributed by atoms with Gasteiger partial charge in [-0.2, -0.15) is 13.2 Å². The van der Waals surface area contributed by atoms with Crippen LogP contribution in [0.3, 0.4) is 0 Å². The van der Waals surface area contributed by atoms with Gasteiger partial charge in [0.15, 0.2) is 6.61 Å². The Labute approximate surface area is 195 Å². The standard InChI is InChI=1S/C23H25ClF3N3O3/c1-3-10-28-22(32)29-13-16-6-4-5-7-20(16)30(12-15(29)2)21(31)18-9-8-17(11-19(18)24)33-14-23(25,26)27/h4-9,11,15H,3,10,12-14H2,1-2H3,(H,28,32)/t15-/m1/s1. The van der Waals surface area contributed by atoms with E-state index < -0.39 is 18.7 Å². The molecule has 0 saturated carbocycles. The van der Waals surface area contributed by atoms with Crippen LogP contribution in [0, 0.1) is 0 Å². The number of carbonyl (C=O) groups excluding carboxylic acids is 2. The molecule has 3 rings (SSSR count). The van der Waals surface area contributed by atoms with Crippen molar-refractivity contribution in [2.24, 2.45) is 0 Å². The monoisotopic (exact) mass is 483 g/mol. The first-order valence-corrected chi connectivity index (χ1v) is 10.9. The van der Waals surface area contributed by atoms with E-state index >= 15 is 0 Å². The Morgan fingerprint density at radius 1 is 1.21 bits per heavy atom. The van der Waals surface area contributed by atoms with Gasteiger partial charge in [0.25, 0.3) is 5.91 Å². The van der Waals surface area contributed by atoms with Gasteiger partial charge in [0.1, 0.15) is 5.75 Å². The second kappa shape index (κ2) is 10.3. The summed E-state index contributed by atoms with van der Waals surface area (Å²) in [5.74, 6) is -0.505. The zero-order valence-corrected chi connectivity index (χ0v) is 19.0. The third-order valence-electron chi connectivity index (χ3n) is 5.21. The zero-order chi connectivity index (χ0) is 24.2. The van der Waals surface area contributed by atoms with Gasteiger partial charge >= 0.3 is 12.2 Å². The quantitative estimate of drug-likeness (QED) is 0.631. The van der Waals surface area contributed by atoms with E-state index in [2.05, 4.69) is 5.32 Å². The number of carbonyl (C=O) groups is 2. The molecule has 0 aliphatic carbocycles. The largest absolute Gasteiger partial charge is 0.484 e. The first-order chi connectivity index (χ1) is 15.6. The lowest BCUT2D eigenvalue weighted by atomic mass is 10.1. The predicted molar refractivity (Wildman–Crippen MR) is 120 cm³/mol. The summed E-state index contributed by atoms with van der Waals surface area (Å²) in [5.41, 5.74) is 1.57. The number of nitrogens with zero attached hydrogens (tertiary/aromatic N) is 2. The summed E-state index contributed by atoms with van der Waals surface area (Å²) in [6, 6.07) is 10.6. The molecule has 10 heteroatoms. The highest BCUT2D eigenvalue weighted by Gasteiger charge is 2.32. The van der Waals surface area contributed by atoms with Gasteiger partial charge in [-0.3, -0.25) is 4.79 Å². The molecular formula is C23H25ClF3N3O3. The van der Waals surface area contributed by atoms with E-state index in [0.29, 0.717) is 18.8 Å². The number of halogens is 4. The molecule has 0 radical (unpaired) electrons. The molecule has 0 unspecified atom stereocenters. The minimum absolute atomic E-state index is 0.0217. The van der Waals surface area contributed by atoms with E-state index in [4.69, 9.17) is 16.3 Å². The summed E-state index contributed by atoms with van der Waals surface area (Å²) in [6.07, 6.45) is -3.68. The minimum atomic E-state index is -4.48. The second-order valence-electron chi connectivity index (χ2n) is 7.80. The van der Waals surface area contributed by atoms with Crippen molar-refractivity contribution >= 4 is 29.2 Å². The van der Waals surface area contributed by atoms with Gasteiger partial charge in [-0.25, -0.2) is 4.79 Å². The van der Waals surface area contributed by atoms with Gasteiger partial charge in [0, 0.05) is 31.4 Å². The number of rotatable bonds is 5. The molecule has 2 aromatic carbocycles. The summed E-state index contributed by atoms with van der Waals surface area (Å²) < 4.78 is 42.0. The van der Waals surface area contributed by atoms with Gasteiger partial charge in [-0.05, 0) is 43.2 Å². The van der Waals surface area contributed by atoms with E-state index in [0.717, 1.165) is 12.0 Å². The van der Waals surface area contributed by atoms with Crippen molar-refractivity contribution in [3.05, 3.63) is 58.6 Å². The number of fused-ring (bicyclic) bond motifs is 1. The van der Waals surface area contributed by atoms with Crippen molar-refractivity contribution in [2.75, 3.05) is 24.6 Å². The van der Waals surface area contributed by atoms with E-state index in [9.17, 15) is 22.8 Å². The molecule has 178 valence electrons. The van der Waals surface area contributed by atoms with Gasteiger partial charge in [0.2, 0.25) is 0 Å². The van der Waals surface area contributed by atoms with Crippen molar-refractivity contribution in [1.82, 2.24) is 10.2 Å². The van der Waals surface area contributed by atoms with Crippen LogP contribution in [0.4, 0.5) is 23.7 Å². The first kappa shape index (κ1) is 24.7. The number of hydrogen-bond donors (Lipinski definition) is 1. The second-order valence-corrected chi connectivity index (χ2v) is 8.21. The molecule has 0 aromatic heterocycles. The average Bonchev–Trinajstić information content (AvgIpc) is 2.92. The molecule has 0 bridgehead atoms. The molecule has 1 aliphatic heterocycles. The van der Waals surface area contributed by atoms with Crippen molar-refractivity contribution in [1.29, 1.82) is 0 Å². The fraction of sp³-hybridized carbons (Fsp3) is 0.391. The number of anilines is 1. The number of benzene rings is 2. The van der Waals surface area contributed by atoms with Gasteiger partial charge in [0.05, 0.1) is 10.6 Å². The third kappa shape index (κ3) is 6.10. The van der Waals surface area contributed by atoms with Crippen LogP contribution in [-0.4, -0.2) is 48.8 Å². The lowest BCUT2D eigenvalue weighted by molar-refractivity contribution is -0.153. The van der Waals surface area contributed by atoms with Crippen LogP contribution in [0.2, 0.25) is 5.02 Å². The number of nitrogens with one attached hydrogen (secondary N) is 1. The molecule has 1 heterocycles. The highest BCUT2D eigenvalue weighted by Crippen LogP contribution is 2.31. The maximum Gasteiger partial charge on any atom is 0.422 e. The van der Waals surface area contributed by atoms with Crippen molar-refractivity contribution in [3.8, 4) is 5.75 Å². The summed E-state index contributed by atoms with van der Waals surface area (Å²) in [6.45, 7) is 3.46. The van der Waals surface area contributed by atoms with E-state index in [-0.39, 0.29) is 35.0 Å². The van der Waals surface area contributed by atoms with Crippen molar-refractivity contribution in [3.63, 3.8) is 0 Å². The van der Waals surface area contributed by atoms with E-state index in [1.165, 1.54) is 18.2 Å². The predicted octanol–water partition coefficient (Wildman–Crippen LogP) is 5.25. The lowest BCUT2D eigenvalue weighted by Gasteiger charge is -2.29. The Bertz CT molecular complexity index is 1020. The first-order valence-electron chi connectivity index (χ1n) is 10.5. The number of para-hydroxylation sites is 1. The minimum Gasteiger partial charge on any atom is -0.484 e. The zero-order valence-electron chi connectivity index (χ0n) is 18.3. The normalized spacial score (nSPS) is 16.1. The van der Waals surface area contributed by atoms with E-state index in [1.807, 2.05) is 26.0 Å². The van der Waals surface area contributed by atoms with Gasteiger partial charge in [-0.1, -0.05) is 36.7 Å². The number of ether oxygens (including phenoxy) is 1. The van der Waals surface area contributed by atoms with Crippen LogP contribution in [0.1, 0.15) is 36.2 Å². The molecule has 3 amide bonds. The highest BCUT2D eigenvalue weighted by atomic mass is 35.5. The number of alkyl halides is 3. The van der Waals surface area contributed by atoms with Crippen molar-refractivity contribution in [2.45, 2.75) is 39.0 Å².